The molecule has 2 N–H and O–H groups in total. The average molecular weight is 325 g/mol. The zero-order valence-electron chi connectivity index (χ0n) is 13.4. The van der Waals surface area contributed by atoms with E-state index in [2.05, 4.69) is 22.2 Å². The van der Waals surface area contributed by atoms with Gasteiger partial charge in [0.2, 0.25) is 0 Å². The highest BCUT2D eigenvalue weighted by Gasteiger charge is 2.07. The van der Waals surface area contributed by atoms with Gasteiger partial charge in [-0.3, -0.25) is 4.79 Å². The molecule has 0 spiro atoms. The molecule has 1 amide bonds. The minimum atomic E-state index is -0.350. The van der Waals surface area contributed by atoms with Crippen molar-refractivity contribution in [2.45, 2.75) is 6.92 Å². The Morgan fingerprint density at radius 3 is 2.46 bits per heavy atom. The highest BCUT2D eigenvalue weighted by molar-refractivity contribution is 5.94. The predicted octanol–water partition coefficient (Wildman–Crippen LogP) is 2.92. The van der Waals surface area contributed by atoms with Gasteiger partial charge in [0.05, 0.1) is 17.7 Å². The molecule has 0 bridgehead atoms. The molecular weight excluding hydrogens is 306 g/mol. The summed E-state index contributed by atoms with van der Waals surface area (Å²) in [5, 5.41) is 5.78. The standard InChI is InChI=1S/C18H19N3O3/c1-3-11-19-17(22)14-7-10-16(20-12-14)21-15-8-5-13(6-9-15)18(23)24-4-2/h3,5-10,12H,1,4,11H2,2H3,(H,19,22)(H,20,21). The van der Waals surface area contributed by atoms with Crippen molar-refractivity contribution in [3.8, 4) is 0 Å². The number of ether oxygens (including phenoxy) is 1. The fraction of sp³-hybridized carbons (Fsp3) is 0.167. The van der Waals surface area contributed by atoms with Gasteiger partial charge in [0.1, 0.15) is 5.82 Å². The number of pyridine rings is 1. The van der Waals surface area contributed by atoms with Gasteiger partial charge in [0.25, 0.3) is 5.91 Å². The lowest BCUT2D eigenvalue weighted by Gasteiger charge is -2.08. The molecule has 0 radical (unpaired) electrons. The minimum Gasteiger partial charge on any atom is -0.462 e. The van der Waals surface area contributed by atoms with Crippen molar-refractivity contribution in [2.24, 2.45) is 0 Å². The van der Waals surface area contributed by atoms with E-state index in [0.717, 1.165) is 5.69 Å². The van der Waals surface area contributed by atoms with Gasteiger partial charge in [-0.25, -0.2) is 9.78 Å². The molecule has 1 heterocycles. The van der Waals surface area contributed by atoms with E-state index < -0.39 is 0 Å². The van der Waals surface area contributed by atoms with Crippen molar-refractivity contribution < 1.29 is 14.3 Å². The van der Waals surface area contributed by atoms with Crippen LogP contribution < -0.4 is 10.6 Å². The van der Waals surface area contributed by atoms with Crippen LogP contribution in [0.3, 0.4) is 0 Å². The number of rotatable bonds is 7. The molecule has 0 fully saturated rings. The van der Waals surface area contributed by atoms with Crippen LogP contribution in [0, 0.1) is 0 Å². The average Bonchev–Trinajstić information content (AvgIpc) is 2.61. The maximum atomic E-state index is 11.8. The molecular formula is C18H19N3O3. The molecule has 2 aromatic rings. The normalized spacial score (nSPS) is 9.88. The Labute approximate surface area is 140 Å². The smallest absolute Gasteiger partial charge is 0.338 e. The summed E-state index contributed by atoms with van der Waals surface area (Å²) in [5.74, 6) is 0.0453. The first-order valence-corrected chi connectivity index (χ1v) is 7.53. The van der Waals surface area contributed by atoms with E-state index in [9.17, 15) is 9.59 Å². The third-order valence-corrected chi connectivity index (χ3v) is 3.10. The van der Waals surface area contributed by atoms with Crippen molar-refractivity contribution in [3.05, 3.63) is 66.4 Å². The summed E-state index contributed by atoms with van der Waals surface area (Å²) >= 11 is 0. The Bertz CT molecular complexity index is 709. The van der Waals surface area contributed by atoms with Crippen molar-refractivity contribution >= 4 is 23.4 Å². The number of hydrogen-bond acceptors (Lipinski definition) is 5. The van der Waals surface area contributed by atoms with Crippen molar-refractivity contribution in [1.29, 1.82) is 0 Å². The monoisotopic (exact) mass is 325 g/mol. The number of esters is 1. The van der Waals surface area contributed by atoms with Gasteiger partial charge >= 0.3 is 5.97 Å². The van der Waals surface area contributed by atoms with E-state index in [-0.39, 0.29) is 11.9 Å². The van der Waals surface area contributed by atoms with Crippen LogP contribution in [0.25, 0.3) is 0 Å². The van der Waals surface area contributed by atoms with Gasteiger partial charge in [-0.1, -0.05) is 6.08 Å². The molecule has 0 saturated carbocycles. The first kappa shape index (κ1) is 17.2. The second-order valence-electron chi connectivity index (χ2n) is 4.85. The van der Waals surface area contributed by atoms with Gasteiger partial charge in [-0.05, 0) is 43.3 Å². The lowest BCUT2D eigenvalue weighted by Crippen LogP contribution is -2.23. The number of carbonyl (C=O) groups is 2. The molecule has 6 heteroatoms. The topological polar surface area (TPSA) is 80.3 Å². The van der Waals surface area contributed by atoms with Crippen LogP contribution in [-0.4, -0.2) is 30.0 Å². The summed E-state index contributed by atoms with van der Waals surface area (Å²) in [6, 6.07) is 10.3. The maximum Gasteiger partial charge on any atom is 0.338 e. The molecule has 0 atom stereocenters. The Morgan fingerprint density at radius 1 is 1.17 bits per heavy atom. The lowest BCUT2D eigenvalue weighted by molar-refractivity contribution is 0.0526. The highest BCUT2D eigenvalue weighted by atomic mass is 16.5. The SMILES string of the molecule is C=CCNC(=O)c1ccc(Nc2ccc(C(=O)OCC)cc2)nc1. The van der Waals surface area contributed by atoms with E-state index in [1.54, 1.807) is 49.4 Å². The number of anilines is 2. The lowest BCUT2D eigenvalue weighted by atomic mass is 10.2. The third kappa shape index (κ3) is 4.67. The largest absolute Gasteiger partial charge is 0.462 e. The number of carbonyl (C=O) groups excluding carboxylic acids is 2. The van der Waals surface area contributed by atoms with E-state index in [0.29, 0.717) is 30.1 Å². The molecule has 24 heavy (non-hydrogen) atoms. The van der Waals surface area contributed by atoms with E-state index in [1.165, 1.54) is 6.20 Å². The first-order valence-electron chi connectivity index (χ1n) is 7.53. The van der Waals surface area contributed by atoms with E-state index in [4.69, 9.17) is 4.74 Å². The Kier molecular flexibility index (Phi) is 6.08. The molecule has 0 saturated heterocycles. The van der Waals surface area contributed by atoms with E-state index >= 15 is 0 Å². The van der Waals surface area contributed by atoms with Crippen LogP contribution >= 0.6 is 0 Å². The summed E-state index contributed by atoms with van der Waals surface area (Å²) in [4.78, 5) is 27.6. The first-order chi connectivity index (χ1) is 11.6. The summed E-state index contributed by atoms with van der Waals surface area (Å²) in [6.07, 6.45) is 3.11. The molecule has 0 unspecified atom stereocenters. The van der Waals surface area contributed by atoms with Crippen LogP contribution in [0.15, 0.2) is 55.3 Å². The van der Waals surface area contributed by atoms with Gasteiger partial charge in [-0.15, -0.1) is 6.58 Å². The molecule has 0 aliphatic heterocycles. The van der Waals surface area contributed by atoms with E-state index in [1.807, 2.05) is 0 Å². The second-order valence-corrected chi connectivity index (χ2v) is 4.85. The summed E-state index contributed by atoms with van der Waals surface area (Å²) < 4.78 is 4.93. The molecule has 1 aromatic heterocycles. The van der Waals surface area contributed by atoms with Crippen molar-refractivity contribution in [1.82, 2.24) is 10.3 Å². The van der Waals surface area contributed by atoms with Crippen LogP contribution in [0.4, 0.5) is 11.5 Å². The quantitative estimate of drug-likeness (QED) is 0.604. The van der Waals surface area contributed by atoms with Crippen LogP contribution in [0.5, 0.6) is 0 Å². The summed E-state index contributed by atoms with van der Waals surface area (Å²) in [6.45, 7) is 6.06. The van der Waals surface area contributed by atoms with Gasteiger partial charge in [-0.2, -0.15) is 0 Å². The third-order valence-electron chi connectivity index (χ3n) is 3.10. The molecule has 124 valence electrons. The predicted molar refractivity (Wildman–Crippen MR) is 92.4 cm³/mol. The van der Waals surface area contributed by atoms with Crippen LogP contribution in [-0.2, 0) is 4.74 Å². The zero-order chi connectivity index (χ0) is 17.4. The number of hydrogen-bond donors (Lipinski definition) is 2. The number of benzene rings is 1. The zero-order valence-corrected chi connectivity index (χ0v) is 13.4. The molecule has 1 aromatic carbocycles. The number of nitrogens with one attached hydrogen (secondary N) is 2. The summed E-state index contributed by atoms with van der Waals surface area (Å²) in [7, 11) is 0. The fourth-order valence-corrected chi connectivity index (χ4v) is 1.92. The number of aromatic nitrogens is 1. The van der Waals surface area contributed by atoms with Crippen molar-refractivity contribution in [2.75, 3.05) is 18.5 Å². The van der Waals surface area contributed by atoms with Gasteiger partial charge in [0.15, 0.2) is 0 Å². The second kappa shape index (κ2) is 8.47. The Hall–Kier alpha value is -3.15. The van der Waals surface area contributed by atoms with Crippen molar-refractivity contribution in [3.63, 3.8) is 0 Å². The summed E-state index contributed by atoms with van der Waals surface area (Å²) in [5.41, 5.74) is 1.74. The number of amides is 1. The molecule has 2 rings (SSSR count). The van der Waals surface area contributed by atoms with Crippen LogP contribution in [0.2, 0.25) is 0 Å². The van der Waals surface area contributed by atoms with Crippen LogP contribution in [0.1, 0.15) is 27.6 Å². The minimum absolute atomic E-state index is 0.201. The fourth-order valence-electron chi connectivity index (χ4n) is 1.92. The molecule has 6 nitrogen and oxygen atoms in total. The van der Waals surface area contributed by atoms with Gasteiger partial charge < -0.3 is 15.4 Å². The Morgan fingerprint density at radius 2 is 1.88 bits per heavy atom. The highest BCUT2D eigenvalue weighted by Crippen LogP contribution is 2.16. The maximum absolute atomic E-state index is 11.8. The number of nitrogens with zero attached hydrogens (tertiary/aromatic N) is 1. The molecule has 0 aliphatic carbocycles. The van der Waals surface area contributed by atoms with Gasteiger partial charge in [0, 0.05) is 18.4 Å². The Balaban J connectivity index is 1.99. The molecule has 0 aliphatic rings.